The van der Waals surface area contributed by atoms with E-state index in [-0.39, 0.29) is 27.4 Å². The Hall–Kier alpha value is -1.89. The summed E-state index contributed by atoms with van der Waals surface area (Å²) in [6, 6.07) is 12.0. The van der Waals surface area contributed by atoms with Crippen LogP contribution in [0.15, 0.2) is 47.4 Å². The molecule has 1 amide bonds. The SMILES string of the molecule is CC(C)NS(=O)(=O)c1ccc(Cl)c(C(=O)N2CCc3ccccc3C2)c1. The lowest BCUT2D eigenvalue weighted by molar-refractivity contribution is 0.0734. The average molecular weight is 393 g/mol. The van der Waals surface area contributed by atoms with Gasteiger partial charge < -0.3 is 4.90 Å². The molecule has 1 N–H and O–H groups in total. The highest BCUT2D eigenvalue weighted by atomic mass is 35.5. The van der Waals surface area contributed by atoms with Gasteiger partial charge in [0.25, 0.3) is 5.91 Å². The van der Waals surface area contributed by atoms with Gasteiger partial charge in [0.05, 0.1) is 15.5 Å². The summed E-state index contributed by atoms with van der Waals surface area (Å²) in [7, 11) is -3.69. The van der Waals surface area contributed by atoms with Gasteiger partial charge in [0.2, 0.25) is 10.0 Å². The lowest BCUT2D eigenvalue weighted by atomic mass is 9.99. The number of hydrogen-bond donors (Lipinski definition) is 1. The maximum atomic E-state index is 13.0. The fraction of sp³-hybridized carbons (Fsp3) is 0.316. The third kappa shape index (κ3) is 3.92. The van der Waals surface area contributed by atoms with Crippen molar-refractivity contribution in [1.29, 1.82) is 0 Å². The molecule has 0 atom stereocenters. The van der Waals surface area contributed by atoms with E-state index in [0.717, 1.165) is 12.0 Å². The molecule has 0 aromatic heterocycles. The maximum absolute atomic E-state index is 13.0. The van der Waals surface area contributed by atoms with E-state index in [9.17, 15) is 13.2 Å². The van der Waals surface area contributed by atoms with Crippen molar-refractivity contribution in [2.45, 2.75) is 37.8 Å². The first-order valence-electron chi connectivity index (χ1n) is 8.46. The number of hydrogen-bond acceptors (Lipinski definition) is 3. The standard InChI is InChI=1S/C19H21ClN2O3S/c1-13(2)21-26(24,25)16-7-8-18(20)17(11-16)19(23)22-10-9-14-5-3-4-6-15(14)12-22/h3-8,11,13,21H,9-10,12H2,1-2H3. The zero-order valence-electron chi connectivity index (χ0n) is 14.7. The van der Waals surface area contributed by atoms with Crippen LogP contribution in [0.3, 0.4) is 0 Å². The topological polar surface area (TPSA) is 66.5 Å². The Morgan fingerprint density at radius 1 is 1.15 bits per heavy atom. The van der Waals surface area contributed by atoms with Gasteiger partial charge in [0.15, 0.2) is 0 Å². The van der Waals surface area contributed by atoms with Crippen LogP contribution in [0.1, 0.15) is 35.3 Å². The van der Waals surface area contributed by atoms with Crippen LogP contribution >= 0.6 is 11.6 Å². The van der Waals surface area contributed by atoms with Crippen LogP contribution in [-0.2, 0) is 23.0 Å². The van der Waals surface area contributed by atoms with Crippen LogP contribution in [0.25, 0.3) is 0 Å². The van der Waals surface area contributed by atoms with Crippen LogP contribution in [-0.4, -0.2) is 31.8 Å². The lowest BCUT2D eigenvalue weighted by Crippen LogP contribution is -2.36. The van der Waals surface area contributed by atoms with Gasteiger partial charge in [-0.3, -0.25) is 4.79 Å². The summed E-state index contributed by atoms with van der Waals surface area (Å²) >= 11 is 6.20. The van der Waals surface area contributed by atoms with Gasteiger partial charge in [0, 0.05) is 19.1 Å². The first-order chi connectivity index (χ1) is 12.3. The zero-order chi connectivity index (χ0) is 18.9. The number of halogens is 1. The summed E-state index contributed by atoms with van der Waals surface area (Å²) in [5.74, 6) is -0.258. The molecule has 0 aliphatic carbocycles. The summed E-state index contributed by atoms with van der Waals surface area (Å²) in [5.41, 5.74) is 2.55. The molecule has 0 unspecified atom stereocenters. The predicted octanol–water partition coefficient (Wildman–Crippen LogP) is 3.23. The Morgan fingerprint density at radius 2 is 1.85 bits per heavy atom. The van der Waals surface area contributed by atoms with Crippen molar-refractivity contribution in [3.05, 3.63) is 64.2 Å². The predicted molar refractivity (Wildman–Crippen MR) is 102 cm³/mol. The van der Waals surface area contributed by atoms with E-state index in [1.54, 1.807) is 18.7 Å². The van der Waals surface area contributed by atoms with Crippen LogP contribution in [0.2, 0.25) is 5.02 Å². The molecule has 0 saturated heterocycles. The van der Waals surface area contributed by atoms with Crippen LogP contribution in [0, 0.1) is 0 Å². The van der Waals surface area contributed by atoms with Gasteiger partial charge >= 0.3 is 0 Å². The van der Waals surface area contributed by atoms with Gasteiger partial charge in [-0.25, -0.2) is 13.1 Å². The number of rotatable bonds is 4. The van der Waals surface area contributed by atoms with Crippen molar-refractivity contribution in [1.82, 2.24) is 9.62 Å². The van der Waals surface area contributed by atoms with Crippen molar-refractivity contribution < 1.29 is 13.2 Å². The van der Waals surface area contributed by atoms with E-state index in [0.29, 0.717) is 13.1 Å². The number of fused-ring (bicyclic) bond motifs is 1. The minimum Gasteiger partial charge on any atom is -0.334 e. The van der Waals surface area contributed by atoms with Crippen LogP contribution < -0.4 is 4.72 Å². The first-order valence-corrected chi connectivity index (χ1v) is 10.3. The van der Waals surface area contributed by atoms with Gasteiger partial charge in [-0.1, -0.05) is 35.9 Å². The monoisotopic (exact) mass is 392 g/mol. The molecule has 5 nitrogen and oxygen atoms in total. The molecule has 1 aliphatic heterocycles. The van der Waals surface area contributed by atoms with Gasteiger partial charge in [-0.2, -0.15) is 0 Å². The Kier molecular flexibility index (Phi) is 5.37. The average Bonchev–Trinajstić information content (AvgIpc) is 2.60. The second-order valence-corrected chi connectivity index (χ2v) is 8.78. The Bertz CT molecular complexity index is 942. The molecular weight excluding hydrogens is 372 g/mol. The van der Waals surface area contributed by atoms with E-state index < -0.39 is 10.0 Å². The molecule has 0 saturated carbocycles. The number of carbonyl (C=O) groups excluding carboxylic acids is 1. The number of nitrogens with zero attached hydrogens (tertiary/aromatic N) is 1. The summed E-state index contributed by atoms with van der Waals surface area (Å²) in [5, 5.41) is 0.248. The third-order valence-electron chi connectivity index (χ3n) is 4.29. The van der Waals surface area contributed by atoms with E-state index in [2.05, 4.69) is 10.8 Å². The minimum atomic E-state index is -3.69. The molecule has 3 rings (SSSR count). The third-order valence-corrected chi connectivity index (χ3v) is 6.27. The first kappa shape index (κ1) is 18.9. The van der Waals surface area contributed by atoms with E-state index >= 15 is 0 Å². The van der Waals surface area contributed by atoms with E-state index in [1.807, 2.05) is 18.2 Å². The number of nitrogens with one attached hydrogen (secondary N) is 1. The Morgan fingerprint density at radius 3 is 2.54 bits per heavy atom. The summed E-state index contributed by atoms with van der Waals surface area (Å²) in [4.78, 5) is 14.7. The van der Waals surface area contributed by atoms with E-state index in [1.165, 1.54) is 23.8 Å². The second-order valence-electron chi connectivity index (χ2n) is 6.66. The van der Waals surface area contributed by atoms with Crippen molar-refractivity contribution in [3.8, 4) is 0 Å². The molecule has 0 fully saturated rings. The molecule has 0 bridgehead atoms. The maximum Gasteiger partial charge on any atom is 0.255 e. The number of carbonyl (C=O) groups is 1. The quantitative estimate of drug-likeness (QED) is 0.868. The minimum absolute atomic E-state index is 0.0383. The molecule has 2 aromatic rings. The molecule has 0 spiro atoms. The fourth-order valence-electron chi connectivity index (χ4n) is 3.05. The number of benzene rings is 2. The molecule has 1 aliphatic rings. The second kappa shape index (κ2) is 7.39. The highest BCUT2D eigenvalue weighted by Gasteiger charge is 2.25. The number of sulfonamides is 1. The highest BCUT2D eigenvalue weighted by molar-refractivity contribution is 7.89. The van der Waals surface area contributed by atoms with E-state index in [4.69, 9.17) is 11.6 Å². The summed E-state index contributed by atoms with van der Waals surface area (Å²) < 4.78 is 27.3. The largest absolute Gasteiger partial charge is 0.334 e. The molecule has 7 heteroatoms. The van der Waals surface area contributed by atoms with Crippen LogP contribution in [0.5, 0.6) is 0 Å². The Balaban J connectivity index is 1.90. The van der Waals surface area contributed by atoms with Gasteiger partial charge in [-0.05, 0) is 49.6 Å². The van der Waals surface area contributed by atoms with Crippen molar-refractivity contribution in [3.63, 3.8) is 0 Å². The number of amides is 1. The van der Waals surface area contributed by atoms with Gasteiger partial charge in [0.1, 0.15) is 0 Å². The molecule has 138 valence electrons. The van der Waals surface area contributed by atoms with Crippen molar-refractivity contribution in [2.24, 2.45) is 0 Å². The zero-order valence-corrected chi connectivity index (χ0v) is 16.3. The molecule has 2 aromatic carbocycles. The lowest BCUT2D eigenvalue weighted by Gasteiger charge is -2.29. The van der Waals surface area contributed by atoms with Crippen LogP contribution in [0.4, 0.5) is 0 Å². The molecule has 0 radical (unpaired) electrons. The van der Waals surface area contributed by atoms with Crippen molar-refractivity contribution in [2.75, 3.05) is 6.54 Å². The fourth-order valence-corrected chi connectivity index (χ4v) is 4.53. The van der Waals surface area contributed by atoms with Crippen molar-refractivity contribution >= 4 is 27.5 Å². The summed E-state index contributed by atoms with van der Waals surface area (Å²) in [6.07, 6.45) is 0.770. The van der Waals surface area contributed by atoms with Gasteiger partial charge in [-0.15, -0.1) is 0 Å². The highest BCUT2D eigenvalue weighted by Crippen LogP contribution is 2.25. The molecular formula is C19H21ClN2O3S. The summed E-state index contributed by atoms with van der Waals surface area (Å²) in [6.45, 7) is 4.55. The normalized spacial score (nSPS) is 14.4. The Labute approximate surface area is 159 Å². The smallest absolute Gasteiger partial charge is 0.255 e. The molecule has 1 heterocycles. The molecule has 26 heavy (non-hydrogen) atoms.